The Morgan fingerprint density at radius 3 is 2.70 bits per heavy atom. The summed E-state index contributed by atoms with van der Waals surface area (Å²) in [5.74, 6) is -1.64. The van der Waals surface area contributed by atoms with E-state index in [1.165, 1.54) is 30.3 Å². The van der Waals surface area contributed by atoms with Crippen molar-refractivity contribution in [3.8, 4) is 0 Å². The standard InChI is InChI=1S/C13H15N3O4/c1-14-11(17)10-3-2-6-16(10)12(18)8-4-5-9(13(19)20)15-7-8/h4-5,7,10H,2-3,6H2,1H3,(H,14,17)(H,19,20)/t10-/m1/s1. The molecule has 1 aliphatic rings. The number of hydrogen-bond acceptors (Lipinski definition) is 4. The first-order chi connectivity index (χ1) is 9.54. The second-order valence-electron chi connectivity index (χ2n) is 4.51. The Balaban J connectivity index is 2.18. The molecule has 0 unspecified atom stereocenters. The number of carboxylic acids is 1. The van der Waals surface area contributed by atoms with Gasteiger partial charge in [0, 0.05) is 19.8 Å². The molecule has 0 aliphatic carbocycles. The van der Waals surface area contributed by atoms with Crippen LogP contribution in [0.25, 0.3) is 0 Å². The molecule has 0 radical (unpaired) electrons. The molecular weight excluding hydrogens is 262 g/mol. The molecule has 1 atom stereocenters. The van der Waals surface area contributed by atoms with Gasteiger partial charge in [-0.05, 0) is 25.0 Å². The van der Waals surface area contributed by atoms with E-state index in [-0.39, 0.29) is 23.1 Å². The van der Waals surface area contributed by atoms with Crippen LogP contribution in [0.1, 0.15) is 33.7 Å². The summed E-state index contributed by atoms with van der Waals surface area (Å²) in [5.41, 5.74) is 0.164. The third-order valence-electron chi connectivity index (χ3n) is 3.29. The molecular formula is C13H15N3O4. The number of likely N-dealkylation sites (N-methyl/N-ethyl adjacent to an activating group) is 1. The number of aromatic carboxylic acids is 1. The molecule has 0 bridgehead atoms. The molecule has 0 saturated carbocycles. The SMILES string of the molecule is CNC(=O)[C@H]1CCCN1C(=O)c1ccc(C(=O)O)nc1. The van der Waals surface area contributed by atoms with Gasteiger partial charge in [0.05, 0.1) is 5.56 Å². The van der Waals surface area contributed by atoms with Gasteiger partial charge < -0.3 is 15.3 Å². The minimum atomic E-state index is -1.14. The van der Waals surface area contributed by atoms with Crippen molar-refractivity contribution in [3.05, 3.63) is 29.6 Å². The quantitative estimate of drug-likeness (QED) is 0.818. The molecule has 1 saturated heterocycles. The highest BCUT2D eigenvalue weighted by Crippen LogP contribution is 2.20. The maximum Gasteiger partial charge on any atom is 0.354 e. The number of pyridine rings is 1. The fourth-order valence-electron chi connectivity index (χ4n) is 2.26. The van der Waals surface area contributed by atoms with E-state index in [1.807, 2.05) is 0 Å². The Labute approximate surface area is 115 Å². The summed E-state index contributed by atoms with van der Waals surface area (Å²) < 4.78 is 0. The molecule has 2 N–H and O–H groups in total. The van der Waals surface area contributed by atoms with Gasteiger partial charge in [0.25, 0.3) is 5.91 Å². The van der Waals surface area contributed by atoms with Crippen LogP contribution in [-0.4, -0.2) is 52.4 Å². The average Bonchev–Trinajstić information content (AvgIpc) is 2.95. The lowest BCUT2D eigenvalue weighted by molar-refractivity contribution is -0.124. The minimum Gasteiger partial charge on any atom is -0.477 e. The number of nitrogens with one attached hydrogen (secondary N) is 1. The van der Waals surface area contributed by atoms with E-state index in [0.29, 0.717) is 13.0 Å². The third kappa shape index (κ3) is 2.61. The maximum atomic E-state index is 12.3. The second-order valence-corrected chi connectivity index (χ2v) is 4.51. The third-order valence-corrected chi connectivity index (χ3v) is 3.29. The zero-order valence-electron chi connectivity index (χ0n) is 11.0. The average molecular weight is 277 g/mol. The topological polar surface area (TPSA) is 99.6 Å². The highest BCUT2D eigenvalue weighted by molar-refractivity contribution is 5.98. The van der Waals surface area contributed by atoms with E-state index in [4.69, 9.17) is 5.11 Å². The Bertz CT molecular complexity index is 541. The Hall–Kier alpha value is -2.44. The number of aromatic nitrogens is 1. The lowest BCUT2D eigenvalue weighted by Crippen LogP contribution is -2.44. The number of likely N-dealkylation sites (tertiary alicyclic amines) is 1. The van der Waals surface area contributed by atoms with Gasteiger partial charge in [-0.3, -0.25) is 9.59 Å². The summed E-state index contributed by atoms with van der Waals surface area (Å²) >= 11 is 0. The van der Waals surface area contributed by atoms with Gasteiger partial charge in [0.15, 0.2) is 0 Å². The zero-order chi connectivity index (χ0) is 14.7. The summed E-state index contributed by atoms with van der Waals surface area (Å²) in [6, 6.07) is 2.23. The summed E-state index contributed by atoms with van der Waals surface area (Å²) in [4.78, 5) is 39.9. The van der Waals surface area contributed by atoms with E-state index in [9.17, 15) is 14.4 Å². The van der Waals surface area contributed by atoms with E-state index in [2.05, 4.69) is 10.3 Å². The zero-order valence-corrected chi connectivity index (χ0v) is 11.0. The van der Waals surface area contributed by atoms with Crippen molar-refractivity contribution in [1.82, 2.24) is 15.2 Å². The Morgan fingerprint density at radius 2 is 2.15 bits per heavy atom. The van der Waals surface area contributed by atoms with Gasteiger partial charge in [-0.1, -0.05) is 0 Å². The molecule has 2 rings (SSSR count). The summed E-state index contributed by atoms with van der Waals surface area (Å²) in [6.07, 6.45) is 2.63. The van der Waals surface area contributed by atoms with Crippen molar-refractivity contribution >= 4 is 17.8 Å². The van der Waals surface area contributed by atoms with Crippen molar-refractivity contribution < 1.29 is 19.5 Å². The molecule has 2 amide bonds. The monoisotopic (exact) mass is 277 g/mol. The molecule has 0 spiro atoms. The molecule has 1 aliphatic heterocycles. The van der Waals surface area contributed by atoms with Crippen LogP contribution in [0, 0.1) is 0 Å². The van der Waals surface area contributed by atoms with Crippen LogP contribution in [-0.2, 0) is 4.79 Å². The number of amides is 2. The first-order valence-electron chi connectivity index (χ1n) is 6.26. The van der Waals surface area contributed by atoms with Crippen LogP contribution in [0.5, 0.6) is 0 Å². The van der Waals surface area contributed by atoms with Gasteiger partial charge in [-0.2, -0.15) is 0 Å². The highest BCUT2D eigenvalue weighted by Gasteiger charge is 2.34. The molecule has 106 valence electrons. The number of carboxylic acid groups (broad SMARTS) is 1. The van der Waals surface area contributed by atoms with Crippen molar-refractivity contribution in [2.24, 2.45) is 0 Å². The van der Waals surface area contributed by atoms with Crippen molar-refractivity contribution in [3.63, 3.8) is 0 Å². The normalized spacial score (nSPS) is 17.9. The molecule has 2 heterocycles. The number of nitrogens with zero attached hydrogens (tertiary/aromatic N) is 2. The fraction of sp³-hybridized carbons (Fsp3) is 0.385. The van der Waals surface area contributed by atoms with E-state index in [0.717, 1.165) is 6.42 Å². The van der Waals surface area contributed by atoms with Crippen LogP contribution in [0.3, 0.4) is 0 Å². The summed E-state index contributed by atoms with van der Waals surface area (Å²) in [7, 11) is 1.53. The van der Waals surface area contributed by atoms with Gasteiger partial charge >= 0.3 is 5.97 Å². The van der Waals surface area contributed by atoms with Crippen molar-refractivity contribution in [2.75, 3.05) is 13.6 Å². The van der Waals surface area contributed by atoms with Crippen LogP contribution in [0.4, 0.5) is 0 Å². The summed E-state index contributed by atoms with van der Waals surface area (Å²) in [5, 5.41) is 11.3. The number of carbonyl (C=O) groups is 3. The lowest BCUT2D eigenvalue weighted by Gasteiger charge is -2.23. The van der Waals surface area contributed by atoms with Crippen molar-refractivity contribution in [2.45, 2.75) is 18.9 Å². The van der Waals surface area contributed by atoms with Crippen molar-refractivity contribution in [1.29, 1.82) is 0 Å². The number of rotatable bonds is 3. The largest absolute Gasteiger partial charge is 0.477 e. The van der Waals surface area contributed by atoms with Crippen LogP contribution >= 0.6 is 0 Å². The van der Waals surface area contributed by atoms with Gasteiger partial charge in [-0.25, -0.2) is 9.78 Å². The number of hydrogen-bond donors (Lipinski definition) is 2. The van der Waals surface area contributed by atoms with E-state index in [1.54, 1.807) is 0 Å². The molecule has 1 aromatic rings. The minimum absolute atomic E-state index is 0.120. The molecule has 0 aromatic carbocycles. The predicted molar refractivity (Wildman–Crippen MR) is 69.3 cm³/mol. The molecule has 1 aromatic heterocycles. The van der Waals surface area contributed by atoms with Crippen LogP contribution < -0.4 is 5.32 Å². The second kappa shape index (κ2) is 5.68. The first kappa shape index (κ1) is 14.0. The van der Waals surface area contributed by atoms with Crippen LogP contribution in [0.15, 0.2) is 18.3 Å². The predicted octanol–water partition coefficient (Wildman–Crippen LogP) is 0.130. The fourth-order valence-corrected chi connectivity index (χ4v) is 2.26. The summed E-state index contributed by atoms with van der Waals surface area (Å²) in [6.45, 7) is 0.512. The highest BCUT2D eigenvalue weighted by atomic mass is 16.4. The molecule has 7 nitrogen and oxygen atoms in total. The molecule has 20 heavy (non-hydrogen) atoms. The smallest absolute Gasteiger partial charge is 0.354 e. The van der Waals surface area contributed by atoms with Gasteiger partial charge in [0.2, 0.25) is 5.91 Å². The Kier molecular flexibility index (Phi) is 3.97. The first-order valence-corrected chi connectivity index (χ1v) is 6.26. The van der Waals surface area contributed by atoms with E-state index >= 15 is 0 Å². The van der Waals surface area contributed by atoms with E-state index < -0.39 is 12.0 Å². The lowest BCUT2D eigenvalue weighted by atomic mass is 10.2. The Morgan fingerprint density at radius 1 is 1.40 bits per heavy atom. The number of carbonyl (C=O) groups excluding carboxylic acids is 2. The maximum absolute atomic E-state index is 12.3. The molecule has 1 fully saturated rings. The van der Waals surface area contributed by atoms with Crippen LogP contribution in [0.2, 0.25) is 0 Å². The molecule has 7 heteroatoms. The van der Waals surface area contributed by atoms with Gasteiger partial charge in [0.1, 0.15) is 11.7 Å². The van der Waals surface area contributed by atoms with Gasteiger partial charge in [-0.15, -0.1) is 0 Å².